The summed E-state index contributed by atoms with van der Waals surface area (Å²) in [6.07, 6.45) is 2.38. The minimum absolute atomic E-state index is 0.191. The van der Waals surface area contributed by atoms with Crippen LogP contribution in [-0.2, 0) is 9.59 Å². The Balaban J connectivity index is 2.21. The third-order valence-corrected chi connectivity index (χ3v) is 2.00. The molecule has 1 fully saturated rings. The first-order valence-corrected chi connectivity index (χ1v) is 4.43. The number of nitrogens with one attached hydrogen (secondary N) is 1. The molecule has 1 amide bonds. The standard InChI is InChI=1S/C9H15NO2/c1-6(2)8(11)9(12)10-5-7-3-4-7/h6-7H,3-5H2,1-2H3,(H,10,12). The van der Waals surface area contributed by atoms with E-state index in [1.54, 1.807) is 13.8 Å². The Kier molecular flexibility index (Phi) is 2.84. The summed E-state index contributed by atoms with van der Waals surface area (Å²) in [6, 6.07) is 0. The molecule has 1 aliphatic carbocycles. The van der Waals surface area contributed by atoms with Crippen molar-refractivity contribution >= 4 is 11.7 Å². The number of hydrogen-bond donors (Lipinski definition) is 1. The van der Waals surface area contributed by atoms with Gasteiger partial charge in [0.2, 0.25) is 5.78 Å². The largest absolute Gasteiger partial charge is 0.349 e. The fourth-order valence-electron chi connectivity index (χ4n) is 0.908. The maximum atomic E-state index is 11.1. The zero-order chi connectivity index (χ0) is 9.14. The van der Waals surface area contributed by atoms with Crippen LogP contribution in [0.25, 0.3) is 0 Å². The number of amides is 1. The molecule has 1 N–H and O–H groups in total. The number of carbonyl (C=O) groups is 2. The van der Waals surface area contributed by atoms with Crippen LogP contribution in [0.4, 0.5) is 0 Å². The summed E-state index contributed by atoms with van der Waals surface area (Å²) in [5.41, 5.74) is 0. The van der Waals surface area contributed by atoms with Gasteiger partial charge in [0.15, 0.2) is 0 Å². The van der Waals surface area contributed by atoms with Gasteiger partial charge in [0, 0.05) is 12.5 Å². The molecule has 0 heterocycles. The first kappa shape index (κ1) is 9.23. The SMILES string of the molecule is CC(C)C(=O)C(=O)NCC1CC1. The number of ketones is 1. The lowest BCUT2D eigenvalue weighted by molar-refractivity contribution is -0.139. The van der Waals surface area contributed by atoms with E-state index in [-0.39, 0.29) is 11.7 Å². The summed E-state index contributed by atoms with van der Waals surface area (Å²) in [5, 5.41) is 2.64. The van der Waals surface area contributed by atoms with Crippen molar-refractivity contribution in [2.75, 3.05) is 6.54 Å². The van der Waals surface area contributed by atoms with E-state index >= 15 is 0 Å². The Bertz CT molecular complexity index is 195. The normalized spacial score (nSPS) is 16.2. The number of Topliss-reactive ketones (excluding diaryl/α,β-unsaturated/α-hetero) is 1. The van der Waals surface area contributed by atoms with Crippen LogP contribution in [0.1, 0.15) is 26.7 Å². The Morgan fingerprint density at radius 3 is 2.42 bits per heavy atom. The van der Waals surface area contributed by atoms with Crippen LogP contribution in [0.2, 0.25) is 0 Å². The summed E-state index contributed by atoms with van der Waals surface area (Å²) in [5.74, 6) is -0.286. The summed E-state index contributed by atoms with van der Waals surface area (Å²) >= 11 is 0. The highest BCUT2D eigenvalue weighted by atomic mass is 16.2. The van der Waals surface area contributed by atoms with E-state index in [0.717, 1.165) is 0 Å². The van der Waals surface area contributed by atoms with E-state index in [2.05, 4.69) is 5.32 Å². The molecular formula is C9H15NO2. The molecule has 0 bridgehead atoms. The molecule has 0 atom stereocenters. The van der Waals surface area contributed by atoms with Crippen LogP contribution >= 0.6 is 0 Å². The van der Waals surface area contributed by atoms with Crippen molar-refractivity contribution in [3.8, 4) is 0 Å². The van der Waals surface area contributed by atoms with Gasteiger partial charge in [-0.1, -0.05) is 13.8 Å². The molecule has 0 unspecified atom stereocenters. The van der Waals surface area contributed by atoms with Crippen molar-refractivity contribution in [2.24, 2.45) is 11.8 Å². The van der Waals surface area contributed by atoms with Crippen molar-refractivity contribution in [3.05, 3.63) is 0 Å². The third-order valence-electron chi connectivity index (χ3n) is 2.00. The smallest absolute Gasteiger partial charge is 0.287 e. The molecule has 0 radical (unpaired) electrons. The molecule has 0 aliphatic heterocycles. The highest BCUT2D eigenvalue weighted by molar-refractivity contribution is 6.36. The first-order valence-electron chi connectivity index (χ1n) is 4.43. The second-order valence-electron chi connectivity index (χ2n) is 3.67. The molecule has 0 aromatic carbocycles. The summed E-state index contributed by atoms with van der Waals surface area (Å²) in [7, 11) is 0. The molecule has 12 heavy (non-hydrogen) atoms. The summed E-state index contributed by atoms with van der Waals surface area (Å²) in [4.78, 5) is 22.1. The molecule has 1 aliphatic rings. The highest BCUT2D eigenvalue weighted by Crippen LogP contribution is 2.27. The molecule has 68 valence electrons. The minimum Gasteiger partial charge on any atom is -0.349 e. The van der Waals surface area contributed by atoms with Gasteiger partial charge in [0.05, 0.1) is 0 Å². The van der Waals surface area contributed by atoms with Gasteiger partial charge < -0.3 is 5.32 Å². The highest BCUT2D eigenvalue weighted by Gasteiger charge is 2.24. The van der Waals surface area contributed by atoms with E-state index in [0.29, 0.717) is 12.5 Å². The second kappa shape index (κ2) is 3.70. The van der Waals surface area contributed by atoms with Crippen molar-refractivity contribution in [1.82, 2.24) is 5.32 Å². The molecule has 0 saturated heterocycles. The lowest BCUT2D eigenvalue weighted by Crippen LogP contribution is -2.34. The van der Waals surface area contributed by atoms with Gasteiger partial charge in [-0.25, -0.2) is 0 Å². The Morgan fingerprint density at radius 1 is 1.42 bits per heavy atom. The molecule has 3 heteroatoms. The van der Waals surface area contributed by atoms with Crippen LogP contribution in [0, 0.1) is 11.8 Å². The fraction of sp³-hybridized carbons (Fsp3) is 0.778. The van der Waals surface area contributed by atoms with Crippen molar-refractivity contribution < 1.29 is 9.59 Å². The molecule has 1 rings (SSSR count). The van der Waals surface area contributed by atoms with E-state index in [9.17, 15) is 9.59 Å². The molecule has 3 nitrogen and oxygen atoms in total. The maximum Gasteiger partial charge on any atom is 0.287 e. The van der Waals surface area contributed by atoms with Gasteiger partial charge in [-0.15, -0.1) is 0 Å². The van der Waals surface area contributed by atoms with E-state index in [1.807, 2.05) is 0 Å². The zero-order valence-electron chi connectivity index (χ0n) is 7.59. The Hall–Kier alpha value is -0.860. The topological polar surface area (TPSA) is 46.2 Å². The molecule has 0 spiro atoms. The van der Waals surface area contributed by atoms with Crippen LogP contribution in [0.15, 0.2) is 0 Å². The summed E-state index contributed by atoms with van der Waals surface area (Å²) in [6.45, 7) is 4.15. The minimum atomic E-state index is -0.420. The Labute approximate surface area is 72.5 Å². The van der Waals surface area contributed by atoms with Crippen molar-refractivity contribution in [2.45, 2.75) is 26.7 Å². The molecule has 0 aromatic heterocycles. The molecular weight excluding hydrogens is 154 g/mol. The number of rotatable bonds is 4. The van der Waals surface area contributed by atoms with Gasteiger partial charge in [-0.2, -0.15) is 0 Å². The number of hydrogen-bond acceptors (Lipinski definition) is 2. The van der Waals surface area contributed by atoms with E-state index < -0.39 is 5.91 Å². The van der Waals surface area contributed by atoms with E-state index in [4.69, 9.17) is 0 Å². The Morgan fingerprint density at radius 2 is 2.00 bits per heavy atom. The van der Waals surface area contributed by atoms with Gasteiger partial charge in [0.25, 0.3) is 5.91 Å². The van der Waals surface area contributed by atoms with Gasteiger partial charge >= 0.3 is 0 Å². The molecule has 0 aromatic rings. The quantitative estimate of drug-likeness (QED) is 0.631. The van der Waals surface area contributed by atoms with Crippen molar-refractivity contribution in [1.29, 1.82) is 0 Å². The first-order chi connectivity index (χ1) is 5.61. The number of carbonyl (C=O) groups excluding carboxylic acids is 2. The van der Waals surface area contributed by atoms with Crippen LogP contribution in [0.5, 0.6) is 0 Å². The lowest BCUT2D eigenvalue weighted by atomic mass is 10.1. The van der Waals surface area contributed by atoms with Gasteiger partial charge in [-0.3, -0.25) is 9.59 Å². The van der Waals surface area contributed by atoms with Gasteiger partial charge in [-0.05, 0) is 18.8 Å². The van der Waals surface area contributed by atoms with Crippen LogP contribution in [-0.4, -0.2) is 18.2 Å². The third kappa shape index (κ3) is 2.64. The zero-order valence-corrected chi connectivity index (χ0v) is 7.59. The molecule has 1 saturated carbocycles. The predicted octanol–water partition coefficient (Wildman–Crippen LogP) is 0.738. The van der Waals surface area contributed by atoms with Crippen LogP contribution < -0.4 is 5.32 Å². The van der Waals surface area contributed by atoms with Gasteiger partial charge in [0.1, 0.15) is 0 Å². The average molecular weight is 169 g/mol. The van der Waals surface area contributed by atoms with Crippen LogP contribution in [0.3, 0.4) is 0 Å². The monoisotopic (exact) mass is 169 g/mol. The predicted molar refractivity (Wildman–Crippen MR) is 45.6 cm³/mol. The fourth-order valence-corrected chi connectivity index (χ4v) is 0.908. The van der Waals surface area contributed by atoms with E-state index in [1.165, 1.54) is 12.8 Å². The summed E-state index contributed by atoms with van der Waals surface area (Å²) < 4.78 is 0. The second-order valence-corrected chi connectivity index (χ2v) is 3.67. The van der Waals surface area contributed by atoms with Crippen molar-refractivity contribution in [3.63, 3.8) is 0 Å². The average Bonchev–Trinajstić information content (AvgIpc) is 2.81. The lowest BCUT2D eigenvalue weighted by Gasteiger charge is -2.04. The maximum absolute atomic E-state index is 11.1.